The van der Waals surface area contributed by atoms with Crippen molar-refractivity contribution in [1.82, 2.24) is 39.5 Å². The highest BCUT2D eigenvalue weighted by Gasteiger charge is 2.17. The maximum absolute atomic E-state index is 14.7. The average molecular weight is 472 g/mol. The van der Waals surface area contributed by atoms with E-state index in [-0.39, 0.29) is 17.6 Å². The van der Waals surface area contributed by atoms with Gasteiger partial charge in [0.15, 0.2) is 11.5 Å². The molecule has 1 N–H and O–H groups in total. The molecule has 0 unspecified atom stereocenters. The minimum absolute atomic E-state index is 0.167. The molecule has 0 saturated carbocycles. The molecule has 9 nitrogen and oxygen atoms in total. The van der Waals surface area contributed by atoms with Gasteiger partial charge in [0.2, 0.25) is 5.95 Å². The van der Waals surface area contributed by atoms with E-state index in [9.17, 15) is 4.39 Å². The molecule has 4 aromatic rings. The second-order valence-corrected chi connectivity index (χ2v) is 8.76. The van der Waals surface area contributed by atoms with Crippen molar-refractivity contribution in [3.05, 3.63) is 78.7 Å². The standard InChI is InChI=1S/C25H26FN9/c1-16(2)23-19-11-18(13-28-24(19)32-34(23)4)22-20(26)14-29-25(31-22)30-21-6-5-17(12-27-21)15-35-9-7-33(3)8-10-35/h5-14,16H,15H2,1-4H3,(H,27,29,30,31). The summed E-state index contributed by atoms with van der Waals surface area (Å²) < 4.78 is 16.5. The van der Waals surface area contributed by atoms with Gasteiger partial charge in [-0.3, -0.25) is 4.68 Å². The van der Waals surface area contributed by atoms with Crippen molar-refractivity contribution >= 4 is 22.8 Å². The van der Waals surface area contributed by atoms with E-state index in [0.717, 1.165) is 22.8 Å². The number of aromatic nitrogens is 6. The molecule has 0 aromatic carbocycles. The van der Waals surface area contributed by atoms with E-state index in [4.69, 9.17) is 0 Å². The number of anilines is 2. The maximum atomic E-state index is 14.7. The second-order valence-electron chi connectivity index (χ2n) is 8.76. The Balaban J connectivity index is 1.37. The molecule has 0 fully saturated rings. The van der Waals surface area contributed by atoms with Crippen LogP contribution >= 0.6 is 0 Å². The lowest BCUT2D eigenvalue weighted by Gasteiger charge is -2.22. The van der Waals surface area contributed by atoms with Gasteiger partial charge < -0.3 is 15.1 Å². The first kappa shape index (κ1) is 22.5. The zero-order chi connectivity index (χ0) is 24.5. The van der Waals surface area contributed by atoms with Gasteiger partial charge in [-0.2, -0.15) is 5.10 Å². The molecule has 0 spiro atoms. The fourth-order valence-electron chi connectivity index (χ4n) is 4.04. The molecule has 1 aliphatic rings. The van der Waals surface area contributed by atoms with Crippen molar-refractivity contribution < 1.29 is 4.39 Å². The summed E-state index contributed by atoms with van der Waals surface area (Å²) in [5.74, 6) is 0.538. The topological polar surface area (TPSA) is 87.9 Å². The van der Waals surface area contributed by atoms with Gasteiger partial charge in [0.05, 0.1) is 11.9 Å². The molecule has 10 heteroatoms. The monoisotopic (exact) mass is 471 g/mol. The van der Waals surface area contributed by atoms with Crippen LogP contribution in [0.1, 0.15) is 31.0 Å². The summed E-state index contributed by atoms with van der Waals surface area (Å²) in [5.41, 5.74) is 3.44. The third-order valence-corrected chi connectivity index (χ3v) is 5.72. The summed E-state index contributed by atoms with van der Waals surface area (Å²) in [6.07, 6.45) is 12.5. The van der Waals surface area contributed by atoms with Crippen LogP contribution in [-0.4, -0.2) is 46.6 Å². The van der Waals surface area contributed by atoms with Crippen LogP contribution in [0, 0.1) is 5.82 Å². The summed E-state index contributed by atoms with van der Waals surface area (Å²) in [5, 5.41) is 8.41. The van der Waals surface area contributed by atoms with Crippen LogP contribution in [0.5, 0.6) is 0 Å². The first-order valence-corrected chi connectivity index (χ1v) is 11.3. The molecule has 35 heavy (non-hydrogen) atoms. The van der Waals surface area contributed by atoms with E-state index in [2.05, 4.69) is 49.1 Å². The number of fused-ring (bicyclic) bond motifs is 1. The number of rotatable bonds is 6. The van der Waals surface area contributed by atoms with Crippen LogP contribution in [0.25, 0.3) is 22.3 Å². The van der Waals surface area contributed by atoms with Gasteiger partial charge in [0, 0.05) is 68.8 Å². The van der Waals surface area contributed by atoms with Crippen LogP contribution in [0.3, 0.4) is 0 Å². The van der Waals surface area contributed by atoms with Crippen LogP contribution in [0.2, 0.25) is 0 Å². The smallest absolute Gasteiger partial charge is 0.229 e. The van der Waals surface area contributed by atoms with Crippen LogP contribution in [0.15, 0.2) is 61.6 Å². The number of halogens is 1. The zero-order valence-electron chi connectivity index (χ0n) is 20.0. The highest BCUT2D eigenvalue weighted by molar-refractivity contribution is 5.83. The minimum atomic E-state index is -0.525. The number of nitrogens with one attached hydrogen (secondary N) is 1. The van der Waals surface area contributed by atoms with Crippen molar-refractivity contribution in [2.75, 3.05) is 12.4 Å². The molecule has 4 aromatic heterocycles. The van der Waals surface area contributed by atoms with E-state index < -0.39 is 5.82 Å². The van der Waals surface area contributed by atoms with Crippen LogP contribution < -0.4 is 5.32 Å². The molecular formula is C25H26FN9. The largest absolute Gasteiger partial charge is 0.354 e. The Morgan fingerprint density at radius 3 is 2.49 bits per heavy atom. The predicted octanol–water partition coefficient (Wildman–Crippen LogP) is 4.52. The maximum Gasteiger partial charge on any atom is 0.229 e. The lowest BCUT2D eigenvalue weighted by Crippen LogP contribution is -2.16. The van der Waals surface area contributed by atoms with E-state index in [1.54, 1.807) is 12.4 Å². The Bertz CT molecular complexity index is 1410. The van der Waals surface area contributed by atoms with Crippen LogP contribution in [0.4, 0.5) is 16.2 Å². The third-order valence-electron chi connectivity index (χ3n) is 5.72. The Morgan fingerprint density at radius 2 is 1.77 bits per heavy atom. The van der Waals surface area contributed by atoms with Crippen LogP contribution in [-0.2, 0) is 13.6 Å². The van der Waals surface area contributed by atoms with Crippen molar-refractivity contribution in [3.8, 4) is 11.3 Å². The number of hydrogen-bond acceptors (Lipinski definition) is 8. The van der Waals surface area contributed by atoms with Gasteiger partial charge in [-0.25, -0.2) is 24.3 Å². The van der Waals surface area contributed by atoms with Gasteiger partial charge >= 0.3 is 0 Å². The lowest BCUT2D eigenvalue weighted by molar-refractivity contribution is 0.449. The molecule has 0 saturated heterocycles. The Morgan fingerprint density at radius 1 is 0.971 bits per heavy atom. The first-order valence-electron chi connectivity index (χ1n) is 11.3. The Labute approximate surface area is 202 Å². The molecule has 178 valence electrons. The number of aryl methyl sites for hydroxylation is 1. The Kier molecular flexibility index (Phi) is 5.86. The van der Waals surface area contributed by atoms with E-state index >= 15 is 0 Å². The van der Waals surface area contributed by atoms with E-state index in [1.165, 1.54) is 0 Å². The van der Waals surface area contributed by atoms with Crippen molar-refractivity contribution in [1.29, 1.82) is 0 Å². The van der Waals surface area contributed by atoms with Gasteiger partial charge in [-0.15, -0.1) is 0 Å². The normalized spacial score (nSPS) is 13.3. The van der Waals surface area contributed by atoms with Gasteiger partial charge in [0.1, 0.15) is 11.5 Å². The van der Waals surface area contributed by atoms with Gasteiger partial charge in [-0.05, 0) is 23.6 Å². The molecule has 0 radical (unpaired) electrons. The van der Waals surface area contributed by atoms with Gasteiger partial charge in [-0.1, -0.05) is 19.9 Å². The minimum Gasteiger partial charge on any atom is -0.354 e. The molecular weight excluding hydrogens is 445 g/mol. The zero-order valence-corrected chi connectivity index (χ0v) is 20.0. The fraction of sp³-hybridized carbons (Fsp3) is 0.240. The first-order chi connectivity index (χ1) is 16.9. The molecule has 5 heterocycles. The fourth-order valence-corrected chi connectivity index (χ4v) is 4.04. The summed E-state index contributed by atoms with van der Waals surface area (Å²) in [6, 6.07) is 5.71. The molecule has 0 amide bonds. The van der Waals surface area contributed by atoms with Gasteiger partial charge in [0.25, 0.3) is 0 Å². The summed E-state index contributed by atoms with van der Waals surface area (Å²) in [4.78, 5) is 21.4. The van der Waals surface area contributed by atoms with E-state index in [1.807, 2.05) is 66.7 Å². The van der Waals surface area contributed by atoms with Crippen molar-refractivity contribution in [3.63, 3.8) is 0 Å². The molecule has 0 atom stereocenters. The SMILES string of the molecule is CC(C)c1c2cc(-c3nc(Nc4ccc(CN5C=CN(C)C=C5)cn4)ncc3F)cnc2nn1C. The highest BCUT2D eigenvalue weighted by atomic mass is 19.1. The predicted molar refractivity (Wildman–Crippen MR) is 133 cm³/mol. The average Bonchev–Trinajstić information content (AvgIpc) is 3.18. The summed E-state index contributed by atoms with van der Waals surface area (Å²) >= 11 is 0. The third kappa shape index (κ3) is 4.68. The molecule has 0 bridgehead atoms. The number of nitrogens with zero attached hydrogens (tertiary/aromatic N) is 8. The van der Waals surface area contributed by atoms with Crippen molar-refractivity contribution in [2.45, 2.75) is 26.3 Å². The Hall–Kier alpha value is -4.34. The molecule has 1 aliphatic heterocycles. The van der Waals surface area contributed by atoms with E-state index in [0.29, 0.717) is 23.6 Å². The quantitative estimate of drug-likeness (QED) is 0.439. The second kappa shape index (κ2) is 9.13. The van der Waals surface area contributed by atoms with Crippen molar-refractivity contribution in [2.24, 2.45) is 7.05 Å². The summed E-state index contributed by atoms with van der Waals surface area (Å²) in [6.45, 7) is 4.88. The highest BCUT2D eigenvalue weighted by Crippen LogP contribution is 2.29. The number of hydrogen-bond donors (Lipinski definition) is 1. The lowest BCUT2D eigenvalue weighted by atomic mass is 10.1. The molecule has 5 rings (SSSR count). The summed E-state index contributed by atoms with van der Waals surface area (Å²) in [7, 11) is 3.87. The number of pyridine rings is 2. The molecule has 0 aliphatic carbocycles.